The smallest absolute Gasteiger partial charge is 0.0780 e. The quantitative estimate of drug-likeness (QED) is 0.225. The van der Waals surface area contributed by atoms with E-state index in [-0.39, 0.29) is 0 Å². The van der Waals surface area contributed by atoms with Crippen LogP contribution in [0.1, 0.15) is 0 Å². The monoisotopic (exact) mass is 455 g/mol. The minimum atomic E-state index is 1.03. The van der Waals surface area contributed by atoms with Gasteiger partial charge in [0.2, 0.25) is 0 Å². The summed E-state index contributed by atoms with van der Waals surface area (Å²) in [6.07, 6.45) is 1.95. The summed E-state index contributed by atoms with van der Waals surface area (Å²) >= 11 is 0. The maximum Gasteiger partial charge on any atom is 0.0780 e. The summed E-state index contributed by atoms with van der Waals surface area (Å²) < 4.78 is 0. The molecule has 7 aromatic carbocycles. The van der Waals surface area contributed by atoms with Crippen LogP contribution in [0.2, 0.25) is 0 Å². The van der Waals surface area contributed by atoms with Crippen molar-refractivity contribution < 1.29 is 0 Å². The molecule has 36 heavy (non-hydrogen) atoms. The van der Waals surface area contributed by atoms with Gasteiger partial charge in [-0.2, -0.15) is 0 Å². The molecule has 1 aromatic heterocycles. The van der Waals surface area contributed by atoms with Crippen molar-refractivity contribution in [2.45, 2.75) is 0 Å². The zero-order valence-electron chi connectivity index (χ0n) is 19.6. The van der Waals surface area contributed by atoms with E-state index in [0.29, 0.717) is 0 Å². The third-order valence-electron chi connectivity index (χ3n) is 7.68. The average Bonchev–Trinajstić information content (AvgIpc) is 2.95. The second kappa shape index (κ2) is 7.37. The van der Waals surface area contributed by atoms with Crippen molar-refractivity contribution >= 4 is 64.6 Å². The maximum atomic E-state index is 4.88. The molecule has 0 bridgehead atoms. The first-order valence-electron chi connectivity index (χ1n) is 12.4. The van der Waals surface area contributed by atoms with Crippen LogP contribution >= 0.6 is 0 Å². The highest BCUT2D eigenvalue weighted by Gasteiger charge is 2.12. The standard InChI is InChI=1S/C35H21N/c1-3-7-26-23(6-1)12-16-31-28(26)14-13-24-9-10-25(21-34(24)31)35-33-18-17-29-27-8-4-2-5-22(27)11-15-30(29)32(33)19-20-36-35/h1-21H. The molecule has 0 saturated carbocycles. The zero-order chi connectivity index (χ0) is 23.6. The molecule has 0 saturated heterocycles. The highest BCUT2D eigenvalue weighted by atomic mass is 14.7. The Balaban J connectivity index is 1.41. The van der Waals surface area contributed by atoms with Gasteiger partial charge in [0, 0.05) is 17.1 Å². The van der Waals surface area contributed by atoms with Crippen molar-refractivity contribution in [3.8, 4) is 11.3 Å². The molecule has 0 aliphatic rings. The summed E-state index contributed by atoms with van der Waals surface area (Å²) in [6.45, 7) is 0. The first kappa shape index (κ1) is 19.5. The number of hydrogen-bond acceptors (Lipinski definition) is 1. The lowest BCUT2D eigenvalue weighted by Gasteiger charge is -2.12. The fourth-order valence-corrected chi connectivity index (χ4v) is 5.95. The van der Waals surface area contributed by atoms with Crippen molar-refractivity contribution in [3.05, 3.63) is 128 Å². The lowest BCUT2D eigenvalue weighted by molar-refractivity contribution is 1.36. The summed E-state index contributed by atoms with van der Waals surface area (Å²) in [6, 6.07) is 44.1. The Morgan fingerprint density at radius 2 is 0.806 bits per heavy atom. The second-order valence-corrected chi connectivity index (χ2v) is 9.59. The average molecular weight is 456 g/mol. The minimum Gasteiger partial charge on any atom is -0.256 e. The number of aromatic nitrogens is 1. The van der Waals surface area contributed by atoms with Crippen LogP contribution in [0.5, 0.6) is 0 Å². The van der Waals surface area contributed by atoms with Gasteiger partial charge in [-0.3, -0.25) is 4.98 Å². The Hall–Kier alpha value is -4.75. The summed E-state index contributed by atoms with van der Waals surface area (Å²) in [4.78, 5) is 4.88. The molecule has 8 rings (SSSR count). The fourth-order valence-electron chi connectivity index (χ4n) is 5.95. The van der Waals surface area contributed by atoms with Crippen molar-refractivity contribution in [3.63, 3.8) is 0 Å². The van der Waals surface area contributed by atoms with E-state index in [1.165, 1.54) is 64.6 Å². The minimum absolute atomic E-state index is 1.03. The Labute approximate surface area is 208 Å². The fraction of sp³-hybridized carbons (Fsp3) is 0. The molecule has 0 aliphatic heterocycles. The van der Waals surface area contributed by atoms with Crippen LogP contribution in [0.15, 0.2) is 128 Å². The molecule has 166 valence electrons. The lowest BCUT2D eigenvalue weighted by Crippen LogP contribution is -1.89. The molecule has 0 radical (unpaired) electrons. The van der Waals surface area contributed by atoms with Crippen LogP contribution < -0.4 is 0 Å². The molecular formula is C35H21N. The van der Waals surface area contributed by atoms with Crippen LogP contribution in [-0.4, -0.2) is 4.98 Å². The van der Waals surface area contributed by atoms with Gasteiger partial charge >= 0.3 is 0 Å². The van der Waals surface area contributed by atoms with E-state index in [4.69, 9.17) is 4.98 Å². The van der Waals surface area contributed by atoms with Crippen LogP contribution in [0.4, 0.5) is 0 Å². The second-order valence-electron chi connectivity index (χ2n) is 9.59. The molecule has 0 N–H and O–H groups in total. The Morgan fingerprint density at radius 1 is 0.333 bits per heavy atom. The van der Waals surface area contributed by atoms with Crippen molar-refractivity contribution in [1.82, 2.24) is 4.98 Å². The molecule has 1 nitrogen and oxygen atoms in total. The van der Waals surface area contributed by atoms with E-state index in [9.17, 15) is 0 Å². The van der Waals surface area contributed by atoms with Gasteiger partial charge in [0.05, 0.1) is 5.69 Å². The van der Waals surface area contributed by atoms with Crippen LogP contribution in [0, 0.1) is 0 Å². The molecule has 0 unspecified atom stereocenters. The molecule has 0 atom stereocenters. The third-order valence-corrected chi connectivity index (χ3v) is 7.68. The van der Waals surface area contributed by atoms with Gasteiger partial charge < -0.3 is 0 Å². The van der Waals surface area contributed by atoms with Crippen molar-refractivity contribution in [2.24, 2.45) is 0 Å². The van der Waals surface area contributed by atoms with E-state index in [1.54, 1.807) is 0 Å². The summed E-state index contributed by atoms with van der Waals surface area (Å²) in [7, 11) is 0. The maximum absolute atomic E-state index is 4.88. The molecule has 8 aromatic rings. The van der Waals surface area contributed by atoms with Gasteiger partial charge in [-0.25, -0.2) is 0 Å². The largest absolute Gasteiger partial charge is 0.256 e. The van der Waals surface area contributed by atoms with E-state index in [2.05, 4.69) is 121 Å². The number of rotatable bonds is 1. The highest BCUT2D eigenvalue weighted by molar-refractivity contribution is 6.20. The summed E-state index contributed by atoms with van der Waals surface area (Å²) in [5.41, 5.74) is 2.18. The number of pyridine rings is 1. The van der Waals surface area contributed by atoms with Gasteiger partial charge in [0.25, 0.3) is 0 Å². The lowest BCUT2D eigenvalue weighted by atomic mass is 9.93. The molecule has 0 fully saturated rings. The molecule has 1 heterocycles. The van der Waals surface area contributed by atoms with Crippen LogP contribution in [-0.2, 0) is 0 Å². The SMILES string of the molecule is c1ccc2c(c1)ccc1c3cc(-c4nccc5c4ccc4c6ccccc6ccc54)ccc3ccc21. The number of hydrogen-bond donors (Lipinski definition) is 0. The molecular weight excluding hydrogens is 434 g/mol. The van der Waals surface area contributed by atoms with Gasteiger partial charge in [-0.05, 0) is 71.4 Å². The predicted octanol–water partition coefficient (Wildman–Crippen LogP) is 9.67. The van der Waals surface area contributed by atoms with Gasteiger partial charge in [-0.1, -0.05) is 109 Å². The first-order valence-corrected chi connectivity index (χ1v) is 12.4. The van der Waals surface area contributed by atoms with E-state index in [0.717, 1.165) is 11.3 Å². The van der Waals surface area contributed by atoms with Crippen LogP contribution in [0.3, 0.4) is 0 Å². The van der Waals surface area contributed by atoms with E-state index in [1.807, 2.05) is 6.20 Å². The van der Waals surface area contributed by atoms with Crippen molar-refractivity contribution in [1.29, 1.82) is 0 Å². The third kappa shape index (κ3) is 2.74. The van der Waals surface area contributed by atoms with E-state index >= 15 is 0 Å². The first-order chi connectivity index (χ1) is 17.8. The summed E-state index contributed by atoms with van der Waals surface area (Å²) in [5.74, 6) is 0. The van der Waals surface area contributed by atoms with E-state index < -0.39 is 0 Å². The Morgan fingerprint density at radius 3 is 1.50 bits per heavy atom. The zero-order valence-corrected chi connectivity index (χ0v) is 19.6. The number of nitrogens with zero attached hydrogens (tertiary/aromatic N) is 1. The number of benzene rings is 7. The highest BCUT2D eigenvalue weighted by Crippen LogP contribution is 2.37. The Kier molecular flexibility index (Phi) is 4.00. The Bertz CT molecular complexity index is 2150. The van der Waals surface area contributed by atoms with Gasteiger partial charge in [-0.15, -0.1) is 0 Å². The molecule has 0 aliphatic carbocycles. The van der Waals surface area contributed by atoms with Gasteiger partial charge in [0.15, 0.2) is 0 Å². The number of fused-ring (bicyclic) bond motifs is 10. The van der Waals surface area contributed by atoms with Gasteiger partial charge in [0.1, 0.15) is 0 Å². The molecule has 0 amide bonds. The van der Waals surface area contributed by atoms with Crippen LogP contribution in [0.25, 0.3) is 75.9 Å². The predicted molar refractivity (Wildman–Crippen MR) is 155 cm³/mol. The molecule has 1 heteroatoms. The molecule has 0 spiro atoms. The summed E-state index contributed by atoms with van der Waals surface area (Å²) in [5, 5.41) is 15.2. The topological polar surface area (TPSA) is 12.9 Å². The van der Waals surface area contributed by atoms with Crippen molar-refractivity contribution in [2.75, 3.05) is 0 Å². The normalized spacial score (nSPS) is 11.9.